The minimum atomic E-state index is -0.486. The molecule has 0 aromatic heterocycles. The number of benzene rings is 2. The van der Waals surface area contributed by atoms with Crippen LogP contribution < -0.4 is 4.74 Å². The van der Waals surface area contributed by atoms with Crippen molar-refractivity contribution < 1.29 is 19.1 Å². The first-order valence-electron chi connectivity index (χ1n) is 8.17. The molecule has 2 aromatic carbocycles. The molecule has 5 nitrogen and oxygen atoms in total. The molecule has 0 N–H and O–H groups in total. The number of esters is 2. The van der Waals surface area contributed by atoms with Crippen molar-refractivity contribution >= 4 is 69.1 Å². The van der Waals surface area contributed by atoms with Gasteiger partial charge in [0.15, 0.2) is 11.4 Å². The second-order valence-electron chi connectivity index (χ2n) is 5.79. The Labute approximate surface area is 184 Å². The summed E-state index contributed by atoms with van der Waals surface area (Å²) >= 11 is 4.22. The second-order valence-corrected chi connectivity index (χ2v) is 8.12. The standard InChI is InChI=1S/C20H15I2NO4/c1-3-17(24)26-18-14(21)8-12(9-15(18)22)10-16-20(25)27-19(23-16)13-7-5-4-6-11(13)2/h4-10H,3H2,1-2H3/b16-10-. The van der Waals surface area contributed by atoms with Gasteiger partial charge in [0.05, 0.1) is 7.14 Å². The van der Waals surface area contributed by atoms with Crippen LogP contribution >= 0.6 is 45.2 Å². The van der Waals surface area contributed by atoms with Crippen LogP contribution in [0.3, 0.4) is 0 Å². The molecule has 27 heavy (non-hydrogen) atoms. The van der Waals surface area contributed by atoms with Crippen LogP contribution in [0.1, 0.15) is 30.0 Å². The summed E-state index contributed by atoms with van der Waals surface area (Å²) in [4.78, 5) is 28.1. The molecule has 0 fully saturated rings. The van der Waals surface area contributed by atoms with Gasteiger partial charge >= 0.3 is 11.9 Å². The van der Waals surface area contributed by atoms with Gasteiger partial charge in [-0.1, -0.05) is 25.1 Å². The molecular weight excluding hydrogens is 572 g/mol. The zero-order valence-corrected chi connectivity index (χ0v) is 18.9. The molecule has 0 saturated heterocycles. The molecular formula is C20H15I2NO4. The van der Waals surface area contributed by atoms with E-state index in [4.69, 9.17) is 9.47 Å². The molecule has 7 heteroatoms. The monoisotopic (exact) mass is 587 g/mol. The number of halogens is 2. The topological polar surface area (TPSA) is 65.0 Å². The highest BCUT2D eigenvalue weighted by atomic mass is 127. The van der Waals surface area contributed by atoms with Crippen molar-refractivity contribution in [1.29, 1.82) is 0 Å². The lowest BCUT2D eigenvalue weighted by Gasteiger charge is -2.09. The molecule has 138 valence electrons. The largest absolute Gasteiger partial charge is 0.424 e. The van der Waals surface area contributed by atoms with Crippen molar-refractivity contribution in [1.82, 2.24) is 0 Å². The SMILES string of the molecule is CCC(=O)Oc1c(I)cc(/C=C2\N=C(c3ccccc3C)OC2=O)cc1I. The number of nitrogens with zero attached hydrogens (tertiary/aromatic N) is 1. The van der Waals surface area contributed by atoms with E-state index in [1.807, 2.05) is 43.3 Å². The van der Waals surface area contributed by atoms with Gasteiger partial charge in [-0.3, -0.25) is 4.79 Å². The molecule has 1 aliphatic rings. The van der Waals surface area contributed by atoms with Gasteiger partial charge in [-0.2, -0.15) is 0 Å². The highest BCUT2D eigenvalue weighted by Gasteiger charge is 2.25. The Morgan fingerprint density at radius 2 is 1.89 bits per heavy atom. The summed E-state index contributed by atoms with van der Waals surface area (Å²) < 4.78 is 12.3. The first kappa shape index (κ1) is 20.0. The number of carbonyl (C=O) groups excluding carboxylic acids is 2. The Hall–Kier alpha value is -1.75. The van der Waals surface area contributed by atoms with E-state index in [1.165, 1.54) is 0 Å². The molecule has 0 spiro atoms. The molecule has 0 atom stereocenters. The van der Waals surface area contributed by atoms with Crippen LogP contribution in [0, 0.1) is 14.1 Å². The molecule has 0 amide bonds. The smallest absolute Gasteiger partial charge is 0.363 e. The van der Waals surface area contributed by atoms with E-state index in [0.717, 1.165) is 23.8 Å². The Balaban J connectivity index is 1.93. The summed E-state index contributed by atoms with van der Waals surface area (Å²) in [6.07, 6.45) is 1.98. The average Bonchev–Trinajstić information content (AvgIpc) is 2.98. The van der Waals surface area contributed by atoms with Crippen LogP contribution in [-0.2, 0) is 14.3 Å². The molecule has 0 saturated carbocycles. The zero-order valence-electron chi connectivity index (χ0n) is 14.6. The first-order valence-corrected chi connectivity index (χ1v) is 10.3. The number of hydrogen-bond acceptors (Lipinski definition) is 5. The molecule has 2 aromatic rings. The maximum atomic E-state index is 12.2. The summed E-state index contributed by atoms with van der Waals surface area (Å²) in [5, 5.41) is 0. The number of aliphatic imine (C=N–C) groups is 1. The summed E-state index contributed by atoms with van der Waals surface area (Å²) in [5.41, 5.74) is 2.79. The Morgan fingerprint density at radius 3 is 2.52 bits per heavy atom. The summed E-state index contributed by atoms with van der Waals surface area (Å²) in [5.74, 6) is 0.0640. The van der Waals surface area contributed by atoms with Gasteiger partial charge in [-0.05, 0) is 87.5 Å². The number of carbonyl (C=O) groups is 2. The van der Waals surface area contributed by atoms with Gasteiger partial charge in [0.1, 0.15) is 0 Å². The molecule has 1 aliphatic heterocycles. The number of aryl methyl sites for hydroxylation is 1. The van der Waals surface area contributed by atoms with Crippen molar-refractivity contribution in [2.75, 3.05) is 0 Å². The Morgan fingerprint density at radius 1 is 1.22 bits per heavy atom. The van der Waals surface area contributed by atoms with Crippen LogP contribution in [0.5, 0.6) is 5.75 Å². The van der Waals surface area contributed by atoms with Gasteiger partial charge in [0, 0.05) is 12.0 Å². The van der Waals surface area contributed by atoms with Crippen molar-refractivity contribution in [2.24, 2.45) is 4.99 Å². The normalized spacial score (nSPS) is 14.9. The van der Waals surface area contributed by atoms with Crippen LogP contribution in [0.2, 0.25) is 0 Å². The number of cyclic esters (lactones) is 1. The fourth-order valence-electron chi connectivity index (χ4n) is 2.44. The third-order valence-corrected chi connectivity index (χ3v) is 5.43. The molecule has 3 rings (SSSR count). The lowest BCUT2D eigenvalue weighted by atomic mass is 10.1. The van der Waals surface area contributed by atoms with Crippen molar-refractivity contribution in [3.8, 4) is 5.75 Å². The van der Waals surface area contributed by atoms with E-state index in [2.05, 4.69) is 50.2 Å². The third kappa shape index (κ3) is 4.57. The van der Waals surface area contributed by atoms with Crippen molar-refractivity contribution in [3.63, 3.8) is 0 Å². The molecule has 0 aliphatic carbocycles. The lowest BCUT2D eigenvalue weighted by Crippen LogP contribution is -2.08. The summed E-state index contributed by atoms with van der Waals surface area (Å²) in [7, 11) is 0. The van der Waals surface area contributed by atoms with Gasteiger partial charge in [-0.15, -0.1) is 0 Å². The third-order valence-electron chi connectivity index (χ3n) is 3.82. The fourth-order valence-corrected chi connectivity index (χ4v) is 4.48. The minimum Gasteiger partial charge on any atom is -0.424 e. The first-order chi connectivity index (χ1) is 12.9. The van der Waals surface area contributed by atoms with Crippen molar-refractivity contribution in [2.45, 2.75) is 20.3 Å². The van der Waals surface area contributed by atoms with Gasteiger partial charge < -0.3 is 9.47 Å². The van der Waals surface area contributed by atoms with Gasteiger partial charge in [0.2, 0.25) is 5.90 Å². The quantitative estimate of drug-likeness (QED) is 0.222. The zero-order chi connectivity index (χ0) is 19.6. The maximum absolute atomic E-state index is 12.2. The van der Waals surface area contributed by atoms with E-state index >= 15 is 0 Å². The number of rotatable bonds is 4. The number of hydrogen-bond donors (Lipinski definition) is 0. The Bertz CT molecular complexity index is 972. The highest BCUT2D eigenvalue weighted by molar-refractivity contribution is 14.1. The van der Waals surface area contributed by atoms with Crippen LogP contribution in [0.4, 0.5) is 0 Å². The molecule has 0 radical (unpaired) electrons. The predicted molar refractivity (Wildman–Crippen MR) is 120 cm³/mol. The van der Waals surface area contributed by atoms with E-state index < -0.39 is 5.97 Å². The Kier molecular flexibility index (Phi) is 6.30. The average molecular weight is 587 g/mol. The van der Waals surface area contributed by atoms with Gasteiger partial charge in [0.25, 0.3) is 0 Å². The molecule has 0 bridgehead atoms. The highest BCUT2D eigenvalue weighted by Crippen LogP contribution is 2.31. The van der Waals surface area contributed by atoms with E-state index in [1.54, 1.807) is 13.0 Å². The van der Waals surface area contributed by atoms with E-state index in [-0.39, 0.29) is 11.7 Å². The van der Waals surface area contributed by atoms with Crippen molar-refractivity contribution in [3.05, 3.63) is 65.9 Å². The van der Waals surface area contributed by atoms with Gasteiger partial charge in [-0.25, -0.2) is 9.79 Å². The second kappa shape index (κ2) is 8.51. The van der Waals surface area contributed by atoms with Crippen LogP contribution in [0.25, 0.3) is 6.08 Å². The van der Waals surface area contributed by atoms with E-state index in [0.29, 0.717) is 18.1 Å². The molecule has 1 heterocycles. The van der Waals surface area contributed by atoms with E-state index in [9.17, 15) is 9.59 Å². The van der Waals surface area contributed by atoms with Crippen LogP contribution in [-0.4, -0.2) is 17.8 Å². The minimum absolute atomic E-state index is 0.234. The summed E-state index contributed by atoms with van der Waals surface area (Å²) in [6, 6.07) is 11.3. The number of ether oxygens (including phenoxy) is 2. The lowest BCUT2D eigenvalue weighted by molar-refractivity contribution is -0.134. The predicted octanol–water partition coefficient (Wildman–Crippen LogP) is 4.86. The fraction of sp³-hybridized carbons (Fsp3) is 0.150. The summed E-state index contributed by atoms with van der Waals surface area (Å²) in [6.45, 7) is 3.69. The molecule has 0 unspecified atom stereocenters. The van der Waals surface area contributed by atoms with Crippen LogP contribution in [0.15, 0.2) is 47.1 Å². The maximum Gasteiger partial charge on any atom is 0.363 e.